The summed E-state index contributed by atoms with van der Waals surface area (Å²) in [5.74, 6) is 0.631. The number of rotatable bonds is 10. The predicted octanol–water partition coefficient (Wildman–Crippen LogP) is 7.50. The van der Waals surface area contributed by atoms with Gasteiger partial charge in [-0.15, -0.1) is 11.8 Å². The minimum Gasteiger partial charge on any atom is -0.493 e. The maximum absolute atomic E-state index is 14.3. The predicted molar refractivity (Wildman–Crippen MR) is 201 cm³/mol. The Morgan fingerprint density at radius 1 is 1.06 bits per heavy atom. The highest BCUT2D eigenvalue weighted by Crippen LogP contribution is 2.37. The molecule has 0 radical (unpaired) electrons. The Hall–Kier alpha value is -3.84. The molecule has 5 aromatic rings. The topological polar surface area (TPSA) is 79.1 Å². The molecule has 0 amide bonds. The third-order valence-corrected chi connectivity index (χ3v) is 10.4. The molecule has 48 heavy (non-hydrogen) atoms. The first-order valence-electron chi connectivity index (χ1n) is 15.0. The average Bonchev–Trinajstić information content (AvgIpc) is 3.41. The van der Waals surface area contributed by atoms with E-state index in [0.29, 0.717) is 43.7 Å². The summed E-state index contributed by atoms with van der Waals surface area (Å²) < 4.78 is 20.3. The molecule has 1 aliphatic heterocycles. The molecule has 0 bridgehead atoms. The highest BCUT2D eigenvalue weighted by molar-refractivity contribution is 14.1. The Balaban J connectivity index is 1.49. The van der Waals surface area contributed by atoms with Gasteiger partial charge < -0.3 is 14.2 Å². The van der Waals surface area contributed by atoms with Gasteiger partial charge in [-0.2, -0.15) is 0 Å². The smallest absolute Gasteiger partial charge is 0.338 e. The number of halogens is 2. The van der Waals surface area contributed by atoms with E-state index in [-0.39, 0.29) is 12.2 Å². The number of hydrogen-bond donors (Lipinski definition) is 0. The van der Waals surface area contributed by atoms with Crippen molar-refractivity contribution in [1.29, 1.82) is 0 Å². The van der Waals surface area contributed by atoms with Gasteiger partial charge in [-0.05, 0) is 94.9 Å². The summed E-state index contributed by atoms with van der Waals surface area (Å²) >= 11 is 11.1. The fourth-order valence-corrected chi connectivity index (χ4v) is 7.71. The molecule has 1 atom stereocenters. The molecule has 0 aliphatic carbocycles. The Bertz CT molecular complexity index is 2180. The van der Waals surface area contributed by atoms with Gasteiger partial charge in [-0.3, -0.25) is 9.36 Å². The van der Waals surface area contributed by atoms with Gasteiger partial charge in [0.1, 0.15) is 6.61 Å². The van der Waals surface area contributed by atoms with Crippen molar-refractivity contribution in [2.45, 2.75) is 24.5 Å². The second kappa shape index (κ2) is 15.1. The van der Waals surface area contributed by atoms with Crippen molar-refractivity contribution in [2.75, 3.05) is 20.0 Å². The molecule has 4 aromatic carbocycles. The highest BCUT2D eigenvalue weighted by Gasteiger charge is 2.35. The molecular formula is C37H30ClIN2O5S2. The zero-order chi connectivity index (χ0) is 33.8. The number of carbonyl (C=O) groups excluding carboxylic acids is 1. The lowest BCUT2D eigenvalue weighted by Gasteiger charge is -2.26. The van der Waals surface area contributed by atoms with Crippen LogP contribution in [-0.4, -0.2) is 30.5 Å². The molecule has 11 heteroatoms. The van der Waals surface area contributed by atoms with Gasteiger partial charge in [0.25, 0.3) is 5.56 Å². The third-order valence-electron chi connectivity index (χ3n) is 7.65. The zero-order valence-corrected chi connectivity index (χ0v) is 30.8. The van der Waals surface area contributed by atoms with Gasteiger partial charge in [0.15, 0.2) is 16.3 Å². The maximum atomic E-state index is 14.3. The molecule has 1 aromatic heterocycles. The van der Waals surface area contributed by atoms with Crippen LogP contribution in [0.4, 0.5) is 0 Å². The van der Waals surface area contributed by atoms with Crippen LogP contribution in [0.25, 0.3) is 11.8 Å². The Morgan fingerprint density at radius 2 is 1.79 bits per heavy atom. The first kappa shape index (κ1) is 34.0. The average molecular weight is 809 g/mol. The number of hydrogen-bond acceptors (Lipinski definition) is 8. The summed E-state index contributed by atoms with van der Waals surface area (Å²) in [7, 11) is 1.59. The van der Waals surface area contributed by atoms with E-state index in [0.717, 1.165) is 30.7 Å². The molecule has 244 valence electrons. The lowest BCUT2D eigenvalue weighted by atomic mass is 9.93. The summed E-state index contributed by atoms with van der Waals surface area (Å²) in [6.07, 6.45) is 3.83. The van der Waals surface area contributed by atoms with Crippen molar-refractivity contribution in [3.8, 4) is 11.5 Å². The normalized spacial score (nSPS) is 14.4. The Labute approximate surface area is 304 Å². The molecule has 0 spiro atoms. The molecule has 0 unspecified atom stereocenters. The minimum atomic E-state index is -0.744. The van der Waals surface area contributed by atoms with Gasteiger partial charge >= 0.3 is 5.97 Å². The van der Waals surface area contributed by atoms with E-state index < -0.39 is 12.0 Å². The summed E-state index contributed by atoms with van der Waals surface area (Å²) in [6, 6.07) is 27.9. The number of thiazole rings is 1. The molecule has 0 saturated heterocycles. The SMILES string of the molecule is CCOC(=O)C1=C(c2ccccc2)N=c2s/c(=C\c3cc(I)c(OCc4ccc(Cl)cc4)c(OC)c3)c(=O)n2[C@@H]1c1ccc(SC)cc1. The zero-order valence-electron chi connectivity index (χ0n) is 26.2. The summed E-state index contributed by atoms with van der Waals surface area (Å²) in [5.41, 5.74) is 3.81. The lowest BCUT2D eigenvalue weighted by molar-refractivity contribution is -0.138. The van der Waals surface area contributed by atoms with Crippen molar-refractivity contribution in [1.82, 2.24) is 4.57 Å². The molecule has 1 aliphatic rings. The van der Waals surface area contributed by atoms with Gasteiger partial charge in [0.05, 0.1) is 39.1 Å². The number of fused-ring (bicyclic) bond motifs is 1. The van der Waals surface area contributed by atoms with E-state index in [9.17, 15) is 9.59 Å². The first-order chi connectivity index (χ1) is 23.3. The lowest BCUT2D eigenvalue weighted by Crippen LogP contribution is -2.40. The third kappa shape index (κ3) is 7.12. The van der Waals surface area contributed by atoms with E-state index in [4.69, 9.17) is 30.8 Å². The van der Waals surface area contributed by atoms with Crippen LogP contribution in [0.3, 0.4) is 0 Å². The molecule has 2 heterocycles. The Kier molecular flexibility index (Phi) is 10.7. The van der Waals surface area contributed by atoms with Crippen LogP contribution in [0.2, 0.25) is 5.02 Å². The standard InChI is InChI=1S/C37H30ClIN2O5S2/c1-4-45-36(43)31-32(24-8-6-5-7-9-24)40-37-41(33(31)25-12-16-27(47-3)17-13-25)35(42)30(48-37)20-23-18-28(39)34(29(19-23)44-2)46-21-22-10-14-26(38)15-11-22/h5-20,33H,4,21H2,1-3H3/b30-20-/t33-/m1/s1. The van der Waals surface area contributed by atoms with Crippen molar-refractivity contribution in [3.05, 3.63) is 147 Å². The van der Waals surface area contributed by atoms with Crippen LogP contribution in [0.15, 0.2) is 111 Å². The fourth-order valence-electron chi connectivity index (χ4n) is 5.39. The number of nitrogens with zero attached hydrogens (tertiary/aromatic N) is 2. The molecule has 0 N–H and O–H groups in total. The molecular weight excluding hydrogens is 779 g/mol. The summed E-state index contributed by atoms with van der Waals surface area (Å²) in [6.45, 7) is 2.29. The minimum absolute atomic E-state index is 0.187. The number of thioether (sulfide) groups is 1. The number of methoxy groups -OCH3 is 1. The highest BCUT2D eigenvalue weighted by atomic mass is 127. The fraction of sp³-hybridized carbons (Fsp3) is 0.162. The van der Waals surface area contributed by atoms with E-state index in [1.54, 1.807) is 30.4 Å². The van der Waals surface area contributed by atoms with Crippen molar-refractivity contribution in [2.24, 2.45) is 4.99 Å². The van der Waals surface area contributed by atoms with Crippen LogP contribution in [0.1, 0.15) is 35.2 Å². The molecule has 7 nitrogen and oxygen atoms in total. The van der Waals surface area contributed by atoms with Crippen LogP contribution < -0.4 is 24.4 Å². The van der Waals surface area contributed by atoms with Gasteiger partial charge in [0, 0.05) is 15.5 Å². The number of carbonyl (C=O) groups is 1. The van der Waals surface area contributed by atoms with Gasteiger partial charge in [-0.25, -0.2) is 9.79 Å². The maximum Gasteiger partial charge on any atom is 0.338 e. The number of benzene rings is 4. The van der Waals surface area contributed by atoms with Crippen LogP contribution in [-0.2, 0) is 16.1 Å². The quantitative estimate of drug-likeness (QED) is 0.0827. The van der Waals surface area contributed by atoms with Crippen LogP contribution >= 0.6 is 57.3 Å². The van der Waals surface area contributed by atoms with Gasteiger partial charge in [0.2, 0.25) is 0 Å². The number of aromatic nitrogens is 1. The first-order valence-corrected chi connectivity index (χ1v) is 18.5. The number of esters is 1. The van der Waals surface area contributed by atoms with E-state index in [1.165, 1.54) is 11.3 Å². The van der Waals surface area contributed by atoms with E-state index in [2.05, 4.69) is 22.6 Å². The summed E-state index contributed by atoms with van der Waals surface area (Å²) in [5, 5.41) is 0.661. The summed E-state index contributed by atoms with van der Waals surface area (Å²) in [4.78, 5) is 34.5. The Morgan fingerprint density at radius 3 is 2.46 bits per heavy atom. The number of ether oxygens (including phenoxy) is 3. The van der Waals surface area contributed by atoms with Crippen LogP contribution in [0.5, 0.6) is 11.5 Å². The second-order valence-corrected chi connectivity index (χ2v) is 14.1. The molecule has 0 saturated carbocycles. The van der Waals surface area contributed by atoms with Crippen molar-refractivity contribution in [3.63, 3.8) is 0 Å². The largest absolute Gasteiger partial charge is 0.493 e. The van der Waals surface area contributed by atoms with E-state index >= 15 is 0 Å². The van der Waals surface area contributed by atoms with Crippen molar-refractivity contribution < 1.29 is 19.0 Å². The van der Waals surface area contributed by atoms with E-state index in [1.807, 2.05) is 103 Å². The van der Waals surface area contributed by atoms with Gasteiger partial charge in [-0.1, -0.05) is 77.5 Å². The molecule has 0 fully saturated rings. The molecule has 6 rings (SSSR count). The van der Waals surface area contributed by atoms with Crippen molar-refractivity contribution >= 4 is 75.0 Å². The monoisotopic (exact) mass is 808 g/mol. The van der Waals surface area contributed by atoms with Crippen LogP contribution in [0, 0.1) is 3.57 Å². The second-order valence-electron chi connectivity index (χ2n) is 10.7.